The number of hydrazone groups is 1. The lowest BCUT2D eigenvalue weighted by atomic mass is 10.1. The predicted molar refractivity (Wildman–Crippen MR) is 111 cm³/mol. The van der Waals surface area contributed by atoms with Gasteiger partial charge in [-0.1, -0.05) is 31.2 Å². The molecule has 0 fully saturated rings. The Morgan fingerprint density at radius 3 is 2.59 bits per heavy atom. The normalized spacial score (nSPS) is 13.8. The molecular weight excluding hydrogens is 336 g/mol. The Kier molecular flexibility index (Phi) is 6.24. The third kappa shape index (κ3) is 5.17. The summed E-state index contributed by atoms with van der Waals surface area (Å²) in [6.45, 7) is 7.54. The van der Waals surface area contributed by atoms with Crippen LogP contribution in [0.3, 0.4) is 0 Å². The van der Waals surface area contributed by atoms with Crippen LogP contribution >= 0.6 is 0 Å². The Hall–Kier alpha value is -2.66. The summed E-state index contributed by atoms with van der Waals surface area (Å²) in [6.07, 6.45) is 0.995. The molecule has 5 heteroatoms. The van der Waals surface area contributed by atoms with Crippen molar-refractivity contribution in [2.24, 2.45) is 5.10 Å². The van der Waals surface area contributed by atoms with Crippen LogP contribution in [0, 0.1) is 0 Å². The highest BCUT2D eigenvalue weighted by molar-refractivity contribution is 5.94. The van der Waals surface area contributed by atoms with Crippen molar-refractivity contribution >= 4 is 17.3 Å². The van der Waals surface area contributed by atoms with Gasteiger partial charge in [-0.05, 0) is 55.9 Å². The summed E-state index contributed by atoms with van der Waals surface area (Å²) < 4.78 is 0. The van der Waals surface area contributed by atoms with Crippen LogP contribution in [0.15, 0.2) is 53.6 Å². The van der Waals surface area contributed by atoms with E-state index in [2.05, 4.69) is 41.4 Å². The molecule has 0 aromatic heterocycles. The minimum atomic E-state index is -0.0567. The second-order valence-electron chi connectivity index (χ2n) is 7.09. The summed E-state index contributed by atoms with van der Waals surface area (Å²) in [6, 6.07) is 16.0. The van der Waals surface area contributed by atoms with Gasteiger partial charge >= 0.3 is 0 Å². The number of hydrogen-bond acceptors (Lipinski definition) is 4. The molecule has 0 bridgehead atoms. The summed E-state index contributed by atoms with van der Waals surface area (Å²) in [5.74, 6) is -0.0567. The fourth-order valence-electron chi connectivity index (χ4n) is 3.09. The van der Waals surface area contributed by atoms with E-state index in [0.29, 0.717) is 12.1 Å². The van der Waals surface area contributed by atoms with Crippen LogP contribution in [0.25, 0.3) is 0 Å². The molecule has 0 saturated heterocycles. The second kappa shape index (κ2) is 8.82. The summed E-state index contributed by atoms with van der Waals surface area (Å²) >= 11 is 0. The Morgan fingerprint density at radius 1 is 1.19 bits per heavy atom. The van der Waals surface area contributed by atoms with Gasteiger partial charge in [0, 0.05) is 37.3 Å². The Morgan fingerprint density at radius 2 is 1.93 bits per heavy atom. The minimum absolute atomic E-state index is 0.0567. The van der Waals surface area contributed by atoms with Gasteiger partial charge in [0.1, 0.15) is 0 Å². The van der Waals surface area contributed by atoms with Gasteiger partial charge in [0.2, 0.25) is 0 Å². The number of carbonyl (C=O) groups is 1. The van der Waals surface area contributed by atoms with E-state index in [4.69, 9.17) is 0 Å². The summed E-state index contributed by atoms with van der Waals surface area (Å²) in [7, 11) is 2.10. The number of hydrogen-bond donors (Lipinski definition) is 1. The predicted octanol–water partition coefficient (Wildman–Crippen LogP) is 3.65. The van der Waals surface area contributed by atoms with Crippen molar-refractivity contribution in [1.29, 1.82) is 0 Å². The first-order valence-electron chi connectivity index (χ1n) is 9.51. The van der Waals surface area contributed by atoms with Crippen LogP contribution in [0.2, 0.25) is 0 Å². The number of carbonyl (C=O) groups excluding carboxylic acids is 1. The van der Waals surface area contributed by atoms with Crippen molar-refractivity contribution in [2.75, 3.05) is 25.1 Å². The monoisotopic (exact) mass is 364 g/mol. The van der Waals surface area contributed by atoms with Gasteiger partial charge in [-0.2, -0.15) is 5.10 Å². The molecule has 2 aromatic carbocycles. The zero-order chi connectivity index (χ0) is 19.2. The van der Waals surface area contributed by atoms with E-state index in [1.54, 1.807) is 0 Å². The Bertz CT molecular complexity index is 813. The zero-order valence-electron chi connectivity index (χ0n) is 16.4. The molecule has 1 heterocycles. The van der Waals surface area contributed by atoms with Crippen LogP contribution in [0.1, 0.15) is 41.8 Å². The molecule has 142 valence electrons. The smallest absolute Gasteiger partial charge is 0.251 e. The van der Waals surface area contributed by atoms with Crippen molar-refractivity contribution < 1.29 is 4.79 Å². The molecule has 0 unspecified atom stereocenters. The van der Waals surface area contributed by atoms with Crippen molar-refractivity contribution in [3.63, 3.8) is 0 Å². The van der Waals surface area contributed by atoms with Gasteiger partial charge in [0.25, 0.3) is 5.91 Å². The first kappa shape index (κ1) is 19.1. The van der Waals surface area contributed by atoms with E-state index in [9.17, 15) is 4.79 Å². The van der Waals surface area contributed by atoms with Gasteiger partial charge in [-0.25, -0.2) is 0 Å². The van der Waals surface area contributed by atoms with Crippen molar-refractivity contribution in [3.8, 4) is 0 Å². The van der Waals surface area contributed by atoms with Gasteiger partial charge in [-0.3, -0.25) is 9.80 Å². The molecule has 1 N–H and O–H groups in total. The maximum atomic E-state index is 12.5. The van der Waals surface area contributed by atoms with Crippen LogP contribution < -0.4 is 10.3 Å². The summed E-state index contributed by atoms with van der Waals surface area (Å²) in [5.41, 5.74) is 5.21. The van der Waals surface area contributed by atoms with Gasteiger partial charge < -0.3 is 10.2 Å². The van der Waals surface area contributed by atoms with Crippen LogP contribution in [0.4, 0.5) is 5.69 Å². The van der Waals surface area contributed by atoms with Gasteiger partial charge in [0.05, 0.1) is 5.69 Å². The Balaban J connectivity index is 1.57. The number of benzene rings is 2. The summed E-state index contributed by atoms with van der Waals surface area (Å²) in [4.78, 5) is 14.7. The van der Waals surface area contributed by atoms with Crippen molar-refractivity contribution in [3.05, 3.63) is 65.2 Å². The molecule has 1 amide bonds. The fourth-order valence-corrected chi connectivity index (χ4v) is 3.09. The van der Waals surface area contributed by atoms with E-state index in [1.807, 2.05) is 48.3 Å². The number of amides is 1. The molecule has 3 rings (SSSR count). The minimum Gasteiger partial charge on any atom is -0.348 e. The molecule has 5 nitrogen and oxygen atoms in total. The third-order valence-corrected chi connectivity index (χ3v) is 4.84. The van der Waals surface area contributed by atoms with E-state index in [1.165, 1.54) is 5.56 Å². The first-order valence-corrected chi connectivity index (χ1v) is 9.51. The molecule has 0 aliphatic carbocycles. The van der Waals surface area contributed by atoms with E-state index in [-0.39, 0.29) is 5.91 Å². The average Bonchev–Trinajstić information content (AvgIpc) is 3.13. The Labute approximate surface area is 161 Å². The molecule has 0 spiro atoms. The molecule has 0 atom stereocenters. The van der Waals surface area contributed by atoms with Crippen LogP contribution in [-0.4, -0.2) is 36.7 Å². The standard InChI is InChI=1S/C22H28N4O/c1-4-25(3)16-19-7-5-6-18(14-19)15-23-22(27)20-8-10-21(11-9-20)26-13-12-17(2)24-26/h5-11,14H,4,12-13,15-16H2,1-3H3,(H,23,27). The van der Waals surface area contributed by atoms with Crippen LogP contribution in [-0.2, 0) is 13.1 Å². The molecular formula is C22H28N4O. The fraction of sp³-hybridized carbons (Fsp3) is 0.364. The van der Waals surface area contributed by atoms with Crippen LogP contribution in [0.5, 0.6) is 0 Å². The van der Waals surface area contributed by atoms with E-state index < -0.39 is 0 Å². The highest BCUT2D eigenvalue weighted by Gasteiger charge is 2.13. The molecule has 27 heavy (non-hydrogen) atoms. The van der Waals surface area contributed by atoms with E-state index in [0.717, 1.165) is 43.0 Å². The topological polar surface area (TPSA) is 47.9 Å². The van der Waals surface area contributed by atoms with Crippen molar-refractivity contribution in [2.45, 2.75) is 33.4 Å². The number of nitrogens with zero attached hydrogens (tertiary/aromatic N) is 3. The molecule has 1 aliphatic rings. The number of nitrogens with one attached hydrogen (secondary N) is 1. The SMILES string of the molecule is CCN(C)Cc1cccc(CNC(=O)c2ccc(N3CCC(C)=N3)cc2)c1. The highest BCUT2D eigenvalue weighted by Crippen LogP contribution is 2.20. The second-order valence-corrected chi connectivity index (χ2v) is 7.09. The van der Waals surface area contributed by atoms with Gasteiger partial charge in [-0.15, -0.1) is 0 Å². The maximum absolute atomic E-state index is 12.5. The highest BCUT2D eigenvalue weighted by atomic mass is 16.1. The van der Waals surface area contributed by atoms with Gasteiger partial charge in [0.15, 0.2) is 0 Å². The average molecular weight is 364 g/mol. The summed E-state index contributed by atoms with van der Waals surface area (Å²) in [5, 5.41) is 9.48. The zero-order valence-corrected chi connectivity index (χ0v) is 16.4. The molecule has 0 saturated carbocycles. The quantitative estimate of drug-likeness (QED) is 0.816. The molecule has 0 radical (unpaired) electrons. The lowest BCUT2D eigenvalue weighted by Crippen LogP contribution is -2.23. The lowest BCUT2D eigenvalue weighted by molar-refractivity contribution is 0.0951. The molecule has 2 aromatic rings. The first-order chi connectivity index (χ1) is 13.0. The largest absolute Gasteiger partial charge is 0.348 e. The van der Waals surface area contributed by atoms with E-state index >= 15 is 0 Å². The van der Waals surface area contributed by atoms with Crippen molar-refractivity contribution in [1.82, 2.24) is 10.2 Å². The lowest BCUT2D eigenvalue weighted by Gasteiger charge is -2.15. The third-order valence-electron chi connectivity index (χ3n) is 4.84. The maximum Gasteiger partial charge on any atom is 0.251 e. The number of rotatable bonds is 7. The molecule has 1 aliphatic heterocycles. The number of anilines is 1.